The van der Waals surface area contributed by atoms with Crippen LogP contribution in [0.4, 0.5) is 0 Å². The summed E-state index contributed by atoms with van der Waals surface area (Å²) in [6.45, 7) is 1.28. The molecule has 0 spiro atoms. The maximum Gasteiger partial charge on any atom is 0.243 e. The third-order valence-electron chi connectivity index (χ3n) is 4.65. The van der Waals surface area contributed by atoms with Gasteiger partial charge < -0.3 is 14.2 Å². The molecule has 0 saturated carbocycles. The predicted molar refractivity (Wildman–Crippen MR) is 113 cm³/mol. The monoisotopic (exact) mass is 442 g/mol. The SMILES string of the molecule is COc1cc(/C=C/C(=O)c2ccc(S(=O)(=O)N3CCOCC3)cc2)ccc1OCC#N. The molecule has 3 rings (SSSR count). The van der Waals surface area contributed by atoms with E-state index in [1.165, 1.54) is 41.8 Å². The summed E-state index contributed by atoms with van der Waals surface area (Å²) in [4.78, 5) is 12.6. The van der Waals surface area contributed by atoms with Gasteiger partial charge in [-0.25, -0.2) is 8.42 Å². The Morgan fingerprint density at radius 2 is 1.87 bits per heavy atom. The summed E-state index contributed by atoms with van der Waals surface area (Å²) in [5.74, 6) is 0.617. The topological polar surface area (TPSA) is 106 Å². The van der Waals surface area contributed by atoms with Crippen LogP contribution in [0, 0.1) is 11.3 Å². The van der Waals surface area contributed by atoms with Gasteiger partial charge in [0.2, 0.25) is 10.0 Å². The number of morpholine rings is 1. The second kappa shape index (κ2) is 10.2. The van der Waals surface area contributed by atoms with Crippen molar-refractivity contribution in [2.45, 2.75) is 4.90 Å². The highest BCUT2D eigenvalue weighted by Crippen LogP contribution is 2.28. The molecule has 9 heteroatoms. The number of rotatable bonds is 8. The quantitative estimate of drug-likeness (QED) is 0.457. The van der Waals surface area contributed by atoms with Crippen LogP contribution in [0.2, 0.25) is 0 Å². The number of benzene rings is 2. The molecule has 31 heavy (non-hydrogen) atoms. The lowest BCUT2D eigenvalue weighted by molar-refractivity contribution is 0.0730. The molecule has 0 unspecified atom stereocenters. The molecule has 1 saturated heterocycles. The van der Waals surface area contributed by atoms with Crippen molar-refractivity contribution in [1.82, 2.24) is 4.31 Å². The van der Waals surface area contributed by atoms with Crippen LogP contribution in [0.25, 0.3) is 6.08 Å². The van der Waals surface area contributed by atoms with E-state index < -0.39 is 10.0 Å². The third kappa shape index (κ3) is 5.49. The Balaban J connectivity index is 1.71. The number of hydrogen-bond donors (Lipinski definition) is 0. The van der Waals surface area contributed by atoms with Crippen molar-refractivity contribution in [3.63, 3.8) is 0 Å². The maximum absolute atomic E-state index is 12.7. The number of hydrogen-bond acceptors (Lipinski definition) is 7. The molecule has 8 nitrogen and oxygen atoms in total. The van der Waals surface area contributed by atoms with E-state index in [0.717, 1.165) is 0 Å². The number of allylic oxidation sites excluding steroid dienone is 1. The second-order valence-electron chi connectivity index (χ2n) is 6.60. The molecule has 162 valence electrons. The molecular weight excluding hydrogens is 420 g/mol. The van der Waals surface area contributed by atoms with E-state index in [1.54, 1.807) is 24.3 Å². The van der Waals surface area contributed by atoms with Crippen molar-refractivity contribution in [3.8, 4) is 17.6 Å². The molecule has 0 radical (unpaired) electrons. The zero-order valence-electron chi connectivity index (χ0n) is 17.0. The smallest absolute Gasteiger partial charge is 0.243 e. The molecule has 1 aliphatic rings. The minimum absolute atomic E-state index is 0.0959. The fraction of sp³-hybridized carbons (Fsp3) is 0.273. The van der Waals surface area contributed by atoms with Crippen LogP contribution in [-0.2, 0) is 14.8 Å². The molecule has 0 N–H and O–H groups in total. The Morgan fingerprint density at radius 1 is 1.16 bits per heavy atom. The Hall–Kier alpha value is -3.19. The first kappa shape index (κ1) is 22.5. The van der Waals surface area contributed by atoms with Gasteiger partial charge in [0, 0.05) is 18.7 Å². The summed E-state index contributed by atoms with van der Waals surface area (Å²) < 4.78 is 42.4. The van der Waals surface area contributed by atoms with Crippen LogP contribution in [-0.4, -0.2) is 58.5 Å². The average molecular weight is 442 g/mol. The molecule has 1 heterocycles. The highest BCUT2D eigenvalue weighted by Gasteiger charge is 2.26. The van der Waals surface area contributed by atoms with Crippen molar-refractivity contribution < 1.29 is 27.4 Å². The molecule has 2 aromatic rings. The van der Waals surface area contributed by atoms with E-state index in [-0.39, 0.29) is 17.3 Å². The Kier molecular flexibility index (Phi) is 7.41. The minimum Gasteiger partial charge on any atom is -0.493 e. The number of nitrogens with zero attached hydrogens (tertiary/aromatic N) is 2. The zero-order valence-corrected chi connectivity index (χ0v) is 17.8. The van der Waals surface area contributed by atoms with Crippen molar-refractivity contribution in [3.05, 3.63) is 59.7 Å². The number of nitriles is 1. The molecule has 1 aliphatic heterocycles. The minimum atomic E-state index is -3.60. The summed E-state index contributed by atoms with van der Waals surface area (Å²) in [5.41, 5.74) is 1.08. The highest BCUT2D eigenvalue weighted by atomic mass is 32.2. The third-order valence-corrected chi connectivity index (χ3v) is 6.57. The van der Waals surface area contributed by atoms with Gasteiger partial charge >= 0.3 is 0 Å². The first-order chi connectivity index (χ1) is 15.0. The number of carbonyl (C=O) groups is 1. The van der Waals surface area contributed by atoms with Crippen molar-refractivity contribution in [1.29, 1.82) is 5.26 Å². The fourth-order valence-electron chi connectivity index (χ4n) is 3.01. The molecule has 0 aromatic heterocycles. The van der Waals surface area contributed by atoms with Crippen LogP contribution in [0.15, 0.2) is 53.4 Å². The van der Waals surface area contributed by atoms with Gasteiger partial charge in [-0.2, -0.15) is 9.57 Å². The first-order valence-electron chi connectivity index (χ1n) is 9.54. The van der Waals surface area contributed by atoms with E-state index in [2.05, 4.69) is 0 Å². The van der Waals surface area contributed by atoms with Gasteiger partial charge in [0.15, 0.2) is 23.9 Å². The van der Waals surface area contributed by atoms with Gasteiger partial charge in [-0.05, 0) is 48.0 Å². The van der Waals surface area contributed by atoms with Crippen LogP contribution in [0.1, 0.15) is 15.9 Å². The van der Waals surface area contributed by atoms with Crippen LogP contribution >= 0.6 is 0 Å². The van der Waals surface area contributed by atoms with Gasteiger partial charge in [-0.15, -0.1) is 0 Å². The number of ketones is 1. The molecule has 0 bridgehead atoms. The number of sulfonamides is 1. The van der Waals surface area contributed by atoms with Gasteiger partial charge in [-0.1, -0.05) is 12.1 Å². The average Bonchev–Trinajstić information content (AvgIpc) is 2.82. The molecule has 2 aromatic carbocycles. The zero-order chi connectivity index (χ0) is 22.3. The molecule has 0 atom stereocenters. The van der Waals surface area contributed by atoms with Crippen LogP contribution < -0.4 is 9.47 Å². The van der Waals surface area contributed by atoms with Gasteiger partial charge in [0.25, 0.3) is 0 Å². The molecular formula is C22H22N2O6S. The Morgan fingerprint density at radius 3 is 2.52 bits per heavy atom. The summed E-state index contributed by atoms with van der Waals surface area (Å²) in [6.07, 6.45) is 3.02. The lowest BCUT2D eigenvalue weighted by Crippen LogP contribution is -2.40. The second-order valence-corrected chi connectivity index (χ2v) is 8.53. The van der Waals surface area contributed by atoms with E-state index in [9.17, 15) is 13.2 Å². The molecule has 0 aliphatic carbocycles. The van der Waals surface area contributed by atoms with Gasteiger partial charge in [0.1, 0.15) is 6.07 Å². The summed E-state index contributed by atoms with van der Waals surface area (Å²) in [6, 6.07) is 12.9. The number of ether oxygens (including phenoxy) is 3. The Labute approximate surface area is 181 Å². The van der Waals surface area contributed by atoms with Crippen molar-refractivity contribution in [2.75, 3.05) is 40.0 Å². The molecule has 0 amide bonds. The molecule has 1 fully saturated rings. The standard InChI is InChI=1S/C22H22N2O6S/c1-28-22-16-17(3-9-21(22)30-13-10-23)2-8-20(25)18-4-6-19(7-5-18)31(26,27)24-11-14-29-15-12-24/h2-9,16H,11-15H2,1H3/b8-2+. The van der Waals surface area contributed by atoms with Crippen molar-refractivity contribution in [2.24, 2.45) is 0 Å². The summed E-state index contributed by atoms with van der Waals surface area (Å²) >= 11 is 0. The highest BCUT2D eigenvalue weighted by molar-refractivity contribution is 7.89. The fourth-order valence-corrected chi connectivity index (χ4v) is 4.42. The van der Waals surface area contributed by atoms with E-state index in [0.29, 0.717) is 48.9 Å². The number of carbonyl (C=O) groups excluding carboxylic acids is 1. The lowest BCUT2D eigenvalue weighted by Gasteiger charge is -2.26. The largest absolute Gasteiger partial charge is 0.493 e. The van der Waals surface area contributed by atoms with E-state index >= 15 is 0 Å². The van der Waals surface area contributed by atoms with E-state index in [4.69, 9.17) is 19.5 Å². The van der Waals surface area contributed by atoms with Gasteiger partial charge in [0.05, 0.1) is 25.2 Å². The summed E-state index contributed by atoms with van der Waals surface area (Å²) in [7, 11) is -2.11. The van der Waals surface area contributed by atoms with E-state index in [1.807, 2.05) is 6.07 Å². The van der Waals surface area contributed by atoms with Crippen LogP contribution in [0.5, 0.6) is 11.5 Å². The normalized spacial score (nSPS) is 14.8. The number of methoxy groups -OCH3 is 1. The maximum atomic E-state index is 12.7. The van der Waals surface area contributed by atoms with Crippen molar-refractivity contribution >= 4 is 21.9 Å². The Bertz CT molecular complexity index is 1100. The van der Waals surface area contributed by atoms with Crippen LogP contribution in [0.3, 0.4) is 0 Å². The summed E-state index contributed by atoms with van der Waals surface area (Å²) in [5, 5.41) is 8.62. The first-order valence-corrected chi connectivity index (χ1v) is 11.0. The van der Waals surface area contributed by atoms with Gasteiger partial charge in [-0.3, -0.25) is 4.79 Å². The lowest BCUT2D eigenvalue weighted by atomic mass is 10.1. The predicted octanol–water partition coefficient (Wildman–Crippen LogP) is 2.51.